The smallest absolute Gasteiger partial charge is 0.277 e. The van der Waals surface area contributed by atoms with Crippen molar-refractivity contribution >= 4 is 27.5 Å². The molecule has 25 heavy (non-hydrogen) atoms. The van der Waals surface area contributed by atoms with Gasteiger partial charge in [-0.15, -0.1) is 0 Å². The summed E-state index contributed by atoms with van der Waals surface area (Å²) < 4.78 is 12.7. The monoisotopic (exact) mass is 405 g/mol. The van der Waals surface area contributed by atoms with E-state index in [2.05, 4.69) is 31.4 Å². The minimum Gasteiger partial charge on any atom is -0.448 e. The van der Waals surface area contributed by atoms with Crippen LogP contribution in [0.2, 0.25) is 0 Å². The van der Waals surface area contributed by atoms with Crippen LogP contribution >= 0.6 is 15.9 Å². The average molecular weight is 406 g/mol. The molecule has 1 aliphatic heterocycles. The average Bonchev–Trinajstić information content (AvgIpc) is 3.25. The van der Waals surface area contributed by atoms with Crippen molar-refractivity contribution in [3.05, 3.63) is 34.1 Å². The molecule has 1 spiro atoms. The highest BCUT2D eigenvalue weighted by molar-refractivity contribution is 9.10. The summed E-state index contributed by atoms with van der Waals surface area (Å²) in [5, 5.41) is 9.91. The third-order valence-corrected chi connectivity index (χ3v) is 5.49. The molecule has 0 bridgehead atoms. The number of hydrogen-bond donors (Lipinski definition) is 2. The van der Waals surface area contributed by atoms with Gasteiger partial charge in [-0.3, -0.25) is 9.89 Å². The number of aromatic amines is 1. The number of halogens is 1. The highest BCUT2D eigenvalue weighted by atomic mass is 79.9. The van der Waals surface area contributed by atoms with Gasteiger partial charge in [-0.25, -0.2) is 0 Å². The van der Waals surface area contributed by atoms with E-state index in [9.17, 15) is 4.79 Å². The number of rotatable bonds is 3. The quantitative estimate of drug-likeness (QED) is 0.782. The van der Waals surface area contributed by atoms with Crippen molar-refractivity contribution in [2.24, 2.45) is 0 Å². The zero-order valence-electron chi connectivity index (χ0n) is 14.2. The first-order valence-electron chi connectivity index (χ1n) is 8.55. The standard InChI is InChI=1S/C18H20BrN3O3/c1-10(2)15-14(19)16(22-21-15)17(23)20-11-5-6-12-13(9-11)25-18(24-12)7-3-4-8-18/h5-6,9-10H,3-4,7-8H2,1-2H3,(H,20,23)(H,21,22). The Balaban J connectivity index is 1.52. The Morgan fingerprint density at radius 2 is 2.00 bits per heavy atom. The van der Waals surface area contributed by atoms with Gasteiger partial charge in [-0.1, -0.05) is 13.8 Å². The predicted molar refractivity (Wildman–Crippen MR) is 97.2 cm³/mol. The van der Waals surface area contributed by atoms with Crippen molar-refractivity contribution in [1.29, 1.82) is 0 Å². The molecule has 1 aromatic heterocycles. The molecule has 132 valence electrons. The first kappa shape index (κ1) is 16.4. The van der Waals surface area contributed by atoms with Gasteiger partial charge in [0.25, 0.3) is 11.7 Å². The number of amides is 1. The Bertz CT molecular complexity index is 825. The number of carbonyl (C=O) groups is 1. The molecule has 1 aromatic carbocycles. The zero-order valence-corrected chi connectivity index (χ0v) is 15.8. The van der Waals surface area contributed by atoms with Gasteiger partial charge < -0.3 is 14.8 Å². The van der Waals surface area contributed by atoms with Crippen LogP contribution in [-0.4, -0.2) is 21.9 Å². The van der Waals surface area contributed by atoms with Crippen molar-refractivity contribution < 1.29 is 14.3 Å². The van der Waals surface area contributed by atoms with Crippen LogP contribution in [0.3, 0.4) is 0 Å². The number of benzene rings is 1. The second-order valence-electron chi connectivity index (χ2n) is 6.89. The Kier molecular flexibility index (Phi) is 3.98. The summed E-state index contributed by atoms with van der Waals surface area (Å²) in [4.78, 5) is 12.5. The third-order valence-electron chi connectivity index (χ3n) is 4.68. The summed E-state index contributed by atoms with van der Waals surface area (Å²) in [6.45, 7) is 4.08. The zero-order chi connectivity index (χ0) is 17.6. The Morgan fingerprint density at radius 3 is 2.68 bits per heavy atom. The number of hydrogen-bond acceptors (Lipinski definition) is 4. The predicted octanol–water partition coefficient (Wildman–Crippen LogP) is 4.59. The first-order chi connectivity index (χ1) is 12.0. The number of carbonyl (C=O) groups excluding carboxylic acids is 1. The van der Waals surface area contributed by atoms with Crippen LogP contribution in [0.15, 0.2) is 22.7 Å². The fraction of sp³-hybridized carbons (Fsp3) is 0.444. The van der Waals surface area contributed by atoms with E-state index >= 15 is 0 Å². The molecule has 4 rings (SSSR count). The summed E-state index contributed by atoms with van der Waals surface area (Å²) in [7, 11) is 0. The van der Waals surface area contributed by atoms with Gasteiger partial charge in [0.05, 0.1) is 10.2 Å². The van der Waals surface area contributed by atoms with E-state index in [1.54, 1.807) is 0 Å². The van der Waals surface area contributed by atoms with Crippen LogP contribution in [0.4, 0.5) is 5.69 Å². The van der Waals surface area contributed by atoms with E-state index in [1.165, 1.54) is 0 Å². The van der Waals surface area contributed by atoms with Gasteiger partial charge in [0.15, 0.2) is 17.2 Å². The number of nitrogens with zero attached hydrogens (tertiary/aromatic N) is 1. The maximum absolute atomic E-state index is 12.5. The number of ether oxygens (including phenoxy) is 2. The molecule has 1 aliphatic carbocycles. The number of nitrogens with one attached hydrogen (secondary N) is 2. The summed E-state index contributed by atoms with van der Waals surface area (Å²) in [5.74, 6) is 0.898. The van der Waals surface area contributed by atoms with E-state index in [1.807, 2.05) is 32.0 Å². The highest BCUT2D eigenvalue weighted by Gasteiger charge is 2.44. The molecule has 1 amide bonds. The first-order valence-corrected chi connectivity index (χ1v) is 9.34. The van der Waals surface area contributed by atoms with Crippen LogP contribution < -0.4 is 14.8 Å². The summed E-state index contributed by atoms with van der Waals surface area (Å²) in [6, 6.07) is 5.47. The number of aromatic nitrogens is 2. The lowest BCUT2D eigenvalue weighted by molar-refractivity contribution is -0.0716. The fourth-order valence-electron chi connectivity index (χ4n) is 3.35. The molecule has 1 fully saturated rings. The molecule has 0 saturated heterocycles. The Labute approximate surface area is 154 Å². The maximum Gasteiger partial charge on any atom is 0.277 e. The Hall–Kier alpha value is -2.02. The fourth-order valence-corrected chi connectivity index (χ4v) is 4.17. The molecule has 2 aromatic rings. The molecular weight excluding hydrogens is 386 g/mol. The number of anilines is 1. The molecule has 2 N–H and O–H groups in total. The van der Waals surface area contributed by atoms with E-state index in [-0.39, 0.29) is 11.8 Å². The van der Waals surface area contributed by atoms with Crippen LogP contribution in [0.25, 0.3) is 0 Å². The van der Waals surface area contributed by atoms with Crippen molar-refractivity contribution in [2.45, 2.75) is 51.2 Å². The Morgan fingerprint density at radius 1 is 1.28 bits per heavy atom. The van der Waals surface area contributed by atoms with Crippen LogP contribution in [0, 0.1) is 0 Å². The third kappa shape index (κ3) is 2.90. The molecular formula is C18H20BrN3O3. The normalized spacial score (nSPS) is 17.4. The van der Waals surface area contributed by atoms with Crippen molar-refractivity contribution in [3.8, 4) is 11.5 Å². The van der Waals surface area contributed by atoms with Gasteiger partial charge in [0, 0.05) is 24.6 Å². The molecule has 0 atom stereocenters. The molecule has 0 radical (unpaired) electrons. The van der Waals surface area contributed by atoms with E-state index in [0.717, 1.165) is 37.1 Å². The molecule has 0 unspecified atom stereocenters. The molecule has 2 heterocycles. The summed E-state index contributed by atoms with van der Waals surface area (Å²) in [5.41, 5.74) is 1.90. The van der Waals surface area contributed by atoms with Crippen LogP contribution in [-0.2, 0) is 0 Å². The molecule has 1 saturated carbocycles. The van der Waals surface area contributed by atoms with Crippen LogP contribution in [0.5, 0.6) is 11.5 Å². The van der Waals surface area contributed by atoms with Gasteiger partial charge in [-0.2, -0.15) is 5.10 Å². The van der Waals surface area contributed by atoms with Crippen molar-refractivity contribution in [3.63, 3.8) is 0 Å². The second kappa shape index (κ2) is 6.05. The van der Waals surface area contributed by atoms with Gasteiger partial charge in [0.1, 0.15) is 0 Å². The van der Waals surface area contributed by atoms with E-state index in [4.69, 9.17) is 9.47 Å². The summed E-state index contributed by atoms with van der Waals surface area (Å²) >= 11 is 3.46. The van der Waals surface area contributed by atoms with E-state index in [0.29, 0.717) is 21.6 Å². The number of H-pyrrole nitrogens is 1. The van der Waals surface area contributed by atoms with Gasteiger partial charge >= 0.3 is 0 Å². The SMILES string of the molecule is CC(C)c1[nH]nc(C(=O)Nc2ccc3c(c2)OC2(CCCC2)O3)c1Br. The topological polar surface area (TPSA) is 76.2 Å². The number of fused-ring (bicyclic) bond motifs is 1. The maximum atomic E-state index is 12.5. The molecule has 6 nitrogen and oxygen atoms in total. The van der Waals surface area contributed by atoms with E-state index < -0.39 is 5.79 Å². The lowest BCUT2D eigenvalue weighted by Gasteiger charge is -2.21. The lowest BCUT2D eigenvalue weighted by atomic mass is 10.1. The van der Waals surface area contributed by atoms with Crippen LogP contribution in [0.1, 0.15) is 61.6 Å². The second-order valence-corrected chi connectivity index (χ2v) is 7.69. The minimum atomic E-state index is -0.498. The lowest BCUT2D eigenvalue weighted by Crippen LogP contribution is -2.34. The largest absolute Gasteiger partial charge is 0.448 e. The van der Waals surface area contributed by atoms with Gasteiger partial charge in [0.2, 0.25) is 0 Å². The molecule has 2 aliphatic rings. The minimum absolute atomic E-state index is 0.247. The van der Waals surface area contributed by atoms with Crippen molar-refractivity contribution in [2.75, 3.05) is 5.32 Å². The highest BCUT2D eigenvalue weighted by Crippen LogP contribution is 2.47. The van der Waals surface area contributed by atoms with Gasteiger partial charge in [-0.05, 0) is 46.8 Å². The summed E-state index contributed by atoms with van der Waals surface area (Å²) in [6.07, 6.45) is 4.04. The molecule has 7 heteroatoms. The van der Waals surface area contributed by atoms with Crippen molar-refractivity contribution in [1.82, 2.24) is 10.2 Å².